The van der Waals surface area contributed by atoms with Gasteiger partial charge in [-0.25, -0.2) is 0 Å². The van der Waals surface area contributed by atoms with E-state index >= 15 is 0 Å². The van der Waals surface area contributed by atoms with Gasteiger partial charge < -0.3 is 15.5 Å². The van der Waals surface area contributed by atoms with Crippen molar-refractivity contribution >= 4 is 29.1 Å². The fourth-order valence-electron chi connectivity index (χ4n) is 2.59. The molecule has 0 spiro atoms. The van der Waals surface area contributed by atoms with Gasteiger partial charge in [0.1, 0.15) is 18.6 Å². The fraction of sp³-hybridized carbons (Fsp3) is 0.533. The number of carbonyl (C=O) groups excluding carboxylic acids is 3. The normalized spacial score (nSPS) is 18.7. The highest BCUT2D eigenvalue weighted by atomic mass is 32.1. The van der Waals surface area contributed by atoms with Gasteiger partial charge in [-0.15, -0.1) is 11.3 Å². The number of thiophene rings is 1. The zero-order valence-electron chi connectivity index (χ0n) is 13.4. The van der Waals surface area contributed by atoms with E-state index in [1.54, 1.807) is 17.5 Å². The van der Waals surface area contributed by atoms with E-state index < -0.39 is 42.5 Å². The quantitative estimate of drug-likeness (QED) is 0.817. The van der Waals surface area contributed by atoms with Gasteiger partial charge in [0.15, 0.2) is 0 Å². The standard InChI is InChI=1S/C15H18F3N3O3S/c1-9(20-13(23)11-5-3-7-25-11)14(24)21-6-2-4-10(21)12(22)19-8-15(16,17)18/h3,5,7,9-10H,2,4,6,8H2,1H3,(H,19,22)(H,20,23)/t9-,10-/m0/s1. The second-order valence-electron chi connectivity index (χ2n) is 5.70. The maximum atomic E-state index is 12.5. The van der Waals surface area contributed by atoms with Crippen LogP contribution in [0.15, 0.2) is 17.5 Å². The Hall–Kier alpha value is -2.10. The van der Waals surface area contributed by atoms with Gasteiger partial charge >= 0.3 is 6.18 Å². The molecule has 1 aliphatic heterocycles. The van der Waals surface area contributed by atoms with Crippen LogP contribution in [0.1, 0.15) is 29.4 Å². The molecule has 1 saturated heterocycles. The molecule has 0 saturated carbocycles. The van der Waals surface area contributed by atoms with E-state index in [-0.39, 0.29) is 6.54 Å². The highest BCUT2D eigenvalue weighted by Crippen LogP contribution is 2.20. The van der Waals surface area contributed by atoms with Crippen LogP contribution >= 0.6 is 11.3 Å². The second kappa shape index (κ2) is 7.85. The van der Waals surface area contributed by atoms with E-state index in [9.17, 15) is 27.6 Å². The Balaban J connectivity index is 1.94. The van der Waals surface area contributed by atoms with Crippen molar-refractivity contribution in [3.8, 4) is 0 Å². The Kier molecular flexibility index (Phi) is 6.04. The first-order chi connectivity index (χ1) is 11.7. The van der Waals surface area contributed by atoms with Crippen molar-refractivity contribution < 1.29 is 27.6 Å². The van der Waals surface area contributed by atoms with E-state index in [0.29, 0.717) is 17.7 Å². The van der Waals surface area contributed by atoms with Crippen LogP contribution in [0.3, 0.4) is 0 Å². The van der Waals surface area contributed by atoms with Crippen molar-refractivity contribution in [2.75, 3.05) is 13.1 Å². The Labute approximate surface area is 146 Å². The van der Waals surface area contributed by atoms with Crippen LogP contribution in [0.25, 0.3) is 0 Å². The summed E-state index contributed by atoms with van der Waals surface area (Å²) in [6.07, 6.45) is -3.70. The van der Waals surface area contributed by atoms with Crippen molar-refractivity contribution in [2.24, 2.45) is 0 Å². The van der Waals surface area contributed by atoms with Gasteiger partial charge in [0.25, 0.3) is 5.91 Å². The van der Waals surface area contributed by atoms with E-state index in [4.69, 9.17) is 0 Å². The molecule has 0 bridgehead atoms. The van der Waals surface area contributed by atoms with Crippen LogP contribution in [0, 0.1) is 0 Å². The van der Waals surface area contributed by atoms with Gasteiger partial charge in [0, 0.05) is 6.54 Å². The van der Waals surface area contributed by atoms with Crippen LogP contribution in [0.5, 0.6) is 0 Å². The van der Waals surface area contributed by atoms with Crippen LogP contribution in [-0.2, 0) is 9.59 Å². The first-order valence-corrected chi connectivity index (χ1v) is 8.56. The molecule has 10 heteroatoms. The predicted octanol–water partition coefficient (Wildman–Crippen LogP) is 1.54. The summed E-state index contributed by atoms with van der Waals surface area (Å²) < 4.78 is 36.7. The number of likely N-dealkylation sites (tertiary alicyclic amines) is 1. The molecule has 2 rings (SSSR count). The van der Waals surface area contributed by atoms with Crippen LogP contribution in [0.4, 0.5) is 13.2 Å². The molecule has 0 aliphatic carbocycles. The highest BCUT2D eigenvalue weighted by molar-refractivity contribution is 7.12. The first kappa shape index (κ1) is 19.2. The summed E-state index contributed by atoms with van der Waals surface area (Å²) in [4.78, 5) is 38.1. The third-order valence-electron chi connectivity index (χ3n) is 3.76. The molecule has 138 valence electrons. The molecule has 1 aromatic rings. The van der Waals surface area contributed by atoms with E-state index in [0.717, 1.165) is 0 Å². The van der Waals surface area contributed by atoms with Crippen LogP contribution in [-0.4, -0.2) is 54.0 Å². The summed E-state index contributed by atoms with van der Waals surface area (Å²) in [6, 6.07) is 1.48. The summed E-state index contributed by atoms with van der Waals surface area (Å²) in [5.74, 6) is -1.73. The zero-order chi connectivity index (χ0) is 18.6. The van der Waals surface area contributed by atoms with Crippen molar-refractivity contribution in [1.82, 2.24) is 15.5 Å². The molecule has 3 amide bonds. The number of hydrogen-bond donors (Lipinski definition) is 2. The summed E-state index contributed by atoms with van der Waals surface area (Å²) in [6.45, 7) is 0.314. The molecule has 0 aromatic carbocycles. The zero-order valence-corrected chi connectivity index (χ0v) is 14.2. The lowest BCUT2D eigenvalue weighted by atomic mass is 10.2. The average Bonchev–Trinajstić information content (AvgIpc) is 3.21. The maximum absolute atomic E-state index is 12.5. The molecule has 1 aromatic heterocycles. The molecular weight excluding hydrogens is 359 g/mol. The van der Waals surface area contributed by atoms with Gasteiger partial charge in [0.2, 0.25) is 11.8 Å². The lowest BCUT2D eigenvalue weighted by Gasteiger charge is -2.27. The summed E-state index contributed by atoms with van der Waals surface area (Å²) >= 11 is 1.22. The molecule has 25 heavy (non-hydrogen) atoms. The van der Waals surface area contributed by atoms with Crippen molar-refractivity contribution in [2.45, 2.75) is 38.0 Å². The van der Waals surface area contributed by atoms with Crippen molar-refractivity contribution in [1.29, 1.82) is 0 Å². The number of halogens is 3. The third kappa shape index (κ3) is 5.18. The molecule has 1 aliphatic rings. The number of nitrogens with one attached hydrogen (secondary N) is 2. The Morgan fingerprint density at radius 2 is 2.12 bits per heavy atom. The SMILES string of the molecule is C[C@H](NC(=O)c1cccs1)C(=O)N1CCC[C@H]1C(=O)NCC(F)(F)F. The molecule has 2 heterocycles. The molecular formula is C15H18F3N3O3S. The fourth-order valence-corrected chi connectivity index (χ4v) is 3.22. The van der Waals surface area contributed by atoms with Gasteiger partial charge in [-0.2, -0.15) is 13.2 Å². The van der Waals surface area contributed by atoms with Gasteiger partial charge in [-0.05, 0) is 31.2 Å². The second-order valence-corrected chi connectivity index (χ2v) is 6.64. The lowest BCUT2D eigenvalue weighted by molar-refractivity contribution is -0.145. The number of carbonyl (C=O) groups is 3. The lowest BCUT2D eigenvalue weighted by Crippen LogP contribution is -2.53. The third-order valence-corrected chi connectivity index (χ3v) is 4.63. The number of nitrogens with zero attached hydrogens (tertiary/aromatic N) is 1. The Morgan fingerprint density at radius 1 is 1.40 bits per heavy atom. The molecule has 2 atom stereocenters. The summed E-state index contributed by atoms with van der Waals surface area (Å²) in [7, 11) is 0. The van der Waals surface area contributed by atoms with Crippen molar-refractivity contribution in [3.63, 3.8) is 0 Å². The Bertz CT molecular complexity index is 634. The smallest absolute Gasteiger partial charge is 0.345 e. The first-order valence-electron chi connectivity index (χ1n) is 7.68. The number of amides is 3. The van der Waals surface area contributed by atoms with E-state index in [2.05, 4.69) is 5.32 Å². The Morgan fingerprint density at radius 3 is 2.72 bits per heavy atom. The molecule has 1 fully saturated rings. The minimum Gasteiger partial charge on any atom is -0.345 e. The predicted molar refractivity (Wildman–Crippen MR) is 85.0 cm³/mol. The minimum atomic E-state index is -4.51. The molecule has 0 radical (unpaired) electrons. The number of rotatable bonds is 5. The molecule has 2 N–H and O–H groups in total. The summed E-state index contributed by atoms with van der Waals surface area (Å²) in [5, 5.41) is 6.08. The van der Waals surface area contributed by atoms with Crippen LogP contribution < -0.4 is 10.6 Å². The monoisotopic (exact) mass is 377 g/mol. The van der Waals surface area contributed by atoms with Crippen LogP contribution in [0.2, 0.25) is 0 Å². The van der Waals surface area contributed by atoms with E-state index in [1.165, 1.54) is 23.2 Å². The van der Waals surface area contributed by atoms with E-state index in [1.807, 2.05) is 5.32 Å². The average molecular weight is 377 g/mol. The van der Waals surface area contributed by atoms with Gasteiger partial charge in [-0.1, -0.05) is 6.07 Å². The highest BCUT2D eigenvalue weighted by Gasteiger charge is 2.38. The minimum absolute atomic E-state index is 0.266. The largest absolute Gasteiger partial charge is 0.405 e. The van der Waals surface area contributed by atoms with Crippen molar-refractivity contribution in [3.05, 3.63) is 22.4 Å². The number of hydrogen-bond acceptors (Lipinski definition) is 4. The van der Waals surface area contributed by atoms with Gasteiger partial charge in [-0.3, -0.25) is 14.4 Å². The molecule has 0 unspecified atom stereocenters. The van der Waals surface area contributed by atoms with Gasteiger partial charge in [0.05, 0.1) is 4.88 Å². The maximum Gasteiger partial charge on any atom is 0.405 e. The number of alkyl halides is 3. The topological polar surface area (TPSA) is 78.5 Å². The molecule has 6 nitrogen and oxygen atoms in total. The summed E-state index contributed by atoms with van der Waals surface area (Å²) in [5.41, 5.74) is 0.